The molecule has 0 unspecified atom stereocenters. The number of esters is 1. The molecule has 152 valence electrons. The highest BCUT2D eigenvalue weighted by atomic mass is 16.6. The van der Waals surface area contributed by atoms with Crippen molar-refractivity contribution in [3.63, 3.8) is 0 Å². The van der Waals surface area contributed by atoms with Crippen molar-refractivity contribution in [1.29, 1.82) is 0 Å². The summed E-state index contributed by atoms with van der Waals surface area (Å²) in [5.74, 6) is 0.591. The van der Waals surface area contributed by atoms with Gasteiger partial charge in [-0.1, -0.05) is 35.9 Å². The smallest absolute Gasteiger partial charge is 0.363 e. The summed E-state index contributed by atoms with van der Waals surface area (Å²) in [6.07, 6.45) is 5.61. The molecular formula is C25H19N3O3. The van der Waals surface area contributed by atoms with Crippen LogP contribution in [0.4, 0.5) is 0 Å². The number of cyclic esters (lactones) is 1. The second-order valence-electron chi connectivity index (χ2n) is 7.26. The van der Waals surface area contributed by atoms with Crippen molar-refractivity contribution in [3.05, 3.63) is 107 Å². The lowest BCUT2D eigenvalue weighted by atomic mass is 10.1. The Morgan fingerprint density at radius 3 is 2.74 bits per heavy atom. The number of nitrogens with zero attached hydrogens (tertiary/aromatic N) is 3. The number of aliphatic imine (C=N–C) groups is 1. The highest BCUT2D eigenvalue weighted by Gasteiger charge is 2.24. The van der Waals surface area contributed by atoms with Crippen LogP contribution in [0.5, 0.6) is 5.75 Å². The van der Waals surface area contributed by atoms with Crippen LogP contribution < -0.4 is 4.74 Å². The minimum Gasteiger partial charge on any atom is -0.487 e. The van der Waals surface area contributed by atoms with E-state index in [4.69, 9.17) is 9.47 Å². The third-order valence-electron chi connectivity index (χ3n) is 4.87. The Hall–Kier alpha value is -4.19. The highest BCUT2D eigenvalue weighted by molar-refractivity contribution is 6.12. The van der Waals surface area contributed by atoms with E-state index >= 15 is 0 Å². The zero-order valence-electron chi connectivity index (χ0n) is 16.9. The van der Waals surface area contributed by atoms with Crippen LogP contribution in [-0.4, -0.2) is 21.3 Å². The van der Waals surface area contributed by atoms with Gasteiger partial charge in [0.2, 0.25) is 5.90 Å². The van der Waals surface area contributed by atoms with E-state index in [-0.39, 0.29) is 5.70 Å². The van der Waals surface area contributed by atoms with Crippen molar-refractivity contribution >= 4 is 23.6 Å². The first-order valence-electron chi connectivity index (χ1n) is 9.89. The van der Waals surface area contributed by atoms with Crippen LogP contribution in [0.25, 0.3) is 11.7 Å². The molecule has 0 saturated carbocycles. The minimum atomic E-state index is -0.455. The molecule has 6 nitrogen and oxygen atoms in total. The minimum absolute atomic E-state index is 0.273. The molecule has 1 aliphatic heterocycles. The van der Waals surface area contributed by atoms with Gasteiger partial charge in [-0.05, 0) is 55.0 Å². The number of hydrogen-bond donors (Lipinski definition) is 0. The van der Waals surface area contributed by atoms with Gasteiger partial charge in [0.25, 0.3) is 0 Å². The van der Waals surface area contributed by atoms with Crippen molar-refractivity contribution in [3.8, 4) is 5.75 Å². The first kappa shape index (κ1) is 18.8. The zero-order valence-corrected chi connectivity index (χ0v) is 16.9. The van der Waals surface area contributed by atoms with Gasteiger partial charge in [-0.15, -0.1) is 0 Å². The maximum Gasteiger partial charge on any atom is 0.363 e. The summed E-state index contributed by atoms with van der Waals surface area (Å²) in [4.78, 5) is 21.1. The number of hydrogen-bond acceptors (Lipinski definition) is 5. The summed E-state index contributed by atoms with van der Waals surface area (Å²) >= 11 is 0. The second kappa shape index (κ2) is 7.91. The summed E-state index contributed by atoms with van der Waals surface area (Å²) in [6.45, 7) is 2.36. The Morgan fingerprint density at radius 2 is 1.94 bits per heavy atom. The predicted molar refractivity (Wildman–Crippen MR) is 118 cm³/mol. The molecule has 2 aromatic carbocycles. The molecule has 6 heteroatoms. The fourth-order valence-electron chi connectivity index (χ4n) is 3.34. The van der Waals surface area contributed by atoms with E-state index in [0.29, 0.717) is 12.5 Å². The Labute approximate surface area is 179 Å². The van der Waals surface area contributed by atoms with Crippen LogP contribution in [0.2, 0.25) is 0 Å². The molecule has 2 aromatic heterocycles. The molecule has 3 heterocycles. The maximum atomic E-state index is 12.2. The van der Waals surface area contributed by atoms with Gasteiger partial charge in [0.05, 0.1) is 5.69 Å². The Balaban J connectivity index is 1.28. The van der Waals surface area contributed by atoms with Crippen LogP contribution in [0.15, 0.2) is 89.8 Å². The van der Waals surface area contributed by atoms with Crippen molar-refractivity contribution < 1.29 is 14.3 Å². The summed E-state index contributed by atoms with van der Waals surface area (Å²) in [6, 6.07) is 21.0. The standard InChI is InChI=1S/C25H19N3O3/c1-17-5-4-6-19(13-17)24-27-22(25(29)31-24)14-18-8-10-21(11-9-18)30-16-20-15-28-12-3-2-7-23(28)26-20/h2-15H,16H2,1H3/b22-14-. The molecule has 0 fully saturated rings. The molecule has 0 bridgehead atoms. The molecule has 0 N–H and O–H groups in total. The van der Waals surface area contributed by atoms with Crippen LogP contribution in [-0.2, 0) is 16.1 Å². The summed E-state index contributed by atoms with van der Waals surface area (Å²) in [5, 5.41) is 0. The maximum absolute atomic E-state index is 12.2. The first-order chi connectivity index (χ1) is 15.1. The highest BCUT2D eigenvalue weighted by Crippen LogP contribution is 2.21. The lowest BCUT2D eigenvalue weighted by Crippen LogP contribution is -2.05. The van der Waals surface area contributed by atoms with E-state index in [2.05, 4.69) is 9.98 Å². The van der Waals surface area contributed by atoms with Crippen LogP contribution >= 0.6 is 0 Å². The molecule has 0 aliphatic carbocycles. The molecule has 4 aromatic rings. The Morgan fingerprint density at radius 1 is 1.06 bits per heavy atom. The van der Waals surface area contributed by atoms with Crippen LogP contribution in [0.1, 0.15) is 22.4 Å². The fraction of sp³-hybridized carbons (Fsp3) is 0.0800. The number of carbonyl (C=O) groups excluding carboxylic acids is 1. The molecule has 0 radical (unpaired) electrons. The summed E-state index contributed by atoms with van der Waals surface area (Å²) in [5.41, 5.74) is 4.71. The number of benzene rings is 2. The predicted octanol–water partition coefficient (Wildman–Crippen LogP) is 4.57. The molecule has 5 rings (SSSR count). The van der Waals surface area contributed by atoms with Gasteiger partial charge in [-0.2, -0.15) is 0 Å². The van der Waals surface area contributed by atoms with E-state index in [1.54, 1.807) is 6.08 Å². The van der Waals surface area contributed by atoms with Gasteiger partial charge in [0, 0.05) is 18.0 Å². The molecule has 0 amide bonds. The van der Waals surface area contributed by atoms with Gasteiger partial charge in [-0.3, -0.25) is 0 Å². The van der Waals surface area contributed by atoms with E-state index in [9.17, 15) is 4.79 Å². The molecule has 0 atom stereocenters. The van der Waals surface area contributed by atoms with Crippen molar-refractivity contribution in [2.75, 3.05) is 0 Å². The number of aromatic nitrogens is 2. The molecular weight excluding hydrogens is 390 g/mol. The topological polar surface area (TPSA) is 65.2 Å². The van der Waals surface area contributed by atoms with Crippen LogP contribution in [0, 0.1) is 6.92 Å². The normalized spacial score (nSPS) is 14.7. The van der Waals surface area contributed by atoms with Gasteiger partial charge in [0.1, 0.15) is 18.0 Å². The largest absolute Gasteiger partial charge is 0.487 e. The Kier molecular flexibility index (Phi) is 4.80. The number of carbonyl (C=O) groups is 1. The number of pyridine rings is 1. The molecule has 0 saturated heterocycles. The number of rotatable bonds is 5. The van der Waals surface area contributed by atoms with Crippen molar-refractivity contribution in [2.45, 2.75) is 13.5 Å². The van der Waals surface area contributed by atoms with Gasteiger partial charge in [0.15, 0.2) is 5.70 Å². The molecule has 31 heavy (non-hydrogen) atoms. The average molecular weight is 409 g/mol. The third-order valence-corrected chi connectivity index (χ3v) is 4.87. The number of imidazole rings is 1. The van der Waals surface area contributed by atoms with Gasteiger partial charge in [-0.25, -0.2) is 14.8 Å². The van der Waals surface area contributed by atoms with Gasteiger partial charge >= 0.3 is 5.97 Å². The van der Waals surface area contributed by atoms with E-state index in [1.165, 1.54) is 0 Å². The monoisotopic (exact) mass is 409 g/mol. The van der Waals surface area contributed by atoms with Crippen molar-refractivity contribution in [2.24, 2.45) is 4.99 Å². The second-order valence-corrected chi connectivity index (χ2v) is 7.26. The van der Waals surface area contributed by atoms with Crippen molar-refractivity contribution in [1.82, 2.24) is 9.38 Å². The number of fused-ring (bicyclic) bond motifs is 1. The van der Waals surface area contributed by atoms with Gasteiger partial charge < -0.3 is 13.9 Å². The lowest BCUT2D eigenvalue weighted by Gasteiger charge is -2.04. The van der Waals surface area contributed by atoms with E-state index in [1.807, 2.05) is 90.4 Å². The van der Waals surface area contributed by atoms with E-state index < -0.39 is 5.97 Å². The van der Waals surface area contributed by atoms with Crippen LogP contribution in [0.3, 0.4) is 0 Å². The average Bonchev–Trinajstić information content (AvgIpc) is 3.36. The van der Waals surface area contributed by atoms with E-state index in [0.717, 1.165) is 33.8 Å². The third kappa shape index (κ3) is 4.09. The lowest BCUT2D eigenvalue weighted by molar-refractivity contribution is -0.129. The fourth-order valence-corrected chi connectivity index (χ4v) is 3.34. The molecule has 0 spiro atoms. The summed E-state index contributed by atoms with van der Waals surface area (Å²) in [7, 11) is 0. The quantitative estimate of drug-likeness (QED) is 0.358. The number of ether oxygens (including phenoxy) is 2. The molecule has 1 aliphatic rings. The Bertz CT molecular complexity index is 1300. The zero-order chi connectivity index (χ0) is 21.2. The first-order valence-corrected chi connectivity index (χ1v) is 9.89. The summed E-state index contributed by atoms with van der Waals surface area (Å²) < 4.78 is 13.1. The SMILES string of the molecule is Cc1cccc(C2=N/C(=C\c3ccc(OCc4cn5ccccc5n4)cc3)C(=O)O2)c1. The number of aryl methyl sites for hydroxylation is 1.